The molecule has 0 saturated heterocycles. The third-order valence-electron chi connectivity index (χ3n) is 9.15. The normalized spacial score (nSPS) is 9.53. The molecule has 6 rings (SSSR count). The largest absolute Gasteiger partial charge is 1.00 e. The van der Waals surface area contributed by atoms with Gasteiger partial charge in [-0.3, -0.25) is 0 Å². The molecule has 0 heterocycles. The van der Waals surface area contributed by atoms with Crippen LogP contribution in [-0.2, 0) is 27.6 Å². The number of hydrogen-bond acceptors (Lipinski definition) is 5. The molecule has 76 heavy (non-hydrogen) atoms. The molecule has 0 amide bonds. The Balaban J connectivity index is -0.000000118. The van der Waals surface area contributed by atoms with Crippen molar-refractivity contribution in [1.29, 1.82) is 0 Å². The van der Waals surface area contributed by atoms with E-state index in [1.807, 2.05) is 198 Å². The zero-order valence-electron chi connectivity index (χ0n) is 51.6. The van der Waals surface area contributed by atoms with Crippen molar-refractivity contribution in [2.75, 3.05) is 0 Å². The molecule has 0 aliphatic heterocycles. The number of benzene rings is 6. The van der Waals surface area contributed by atoms with Gasteiger partial charge in [-0.2, -0.15) is 0 Å². The van der Waals surface area contributed by atoms with Gasteiger partial charge in [0, 0.05) is 25.9 Å². The summed E-state index contributed by atoms with van der Waals surface area (Å²) in [6.45, 7) is 37.2. The summed E-state index contributed by atoms with van der Waals surface area (Å²) in [5.74, 6) is 1.98. The van der Waals surface area contributed by atoms with E-state index < -0.39 is 21.1 Å². The second kappa shape index (κ2) is 65.4. The van der Waals surface area contributed by atoms with Gasteiger partial charge in [-0.15, -0.1) is 0 Å². The average Bonchev–Trinajstić information content (AvgIpc) is 3.42. The third-order valence-corrected chi connectivity index (χ3v) is 11.6. The zero-order valence-corrected chi connectivity index (χ0v) is 59.4. The third kappa shape index (κ3) is 62.7. The minimum absolute atomic E-state index is 0. The fourth-order valence-electron chi connectivity index (χ4n) is 5.10. The van der Waals surface area contributed by atoms with Crippen molar-refractivity contribution in [1.82, 2.24) is 0 Å². The van der Waals surface area contributed by atoms with E-state index in [4.69, 9.17) is 0 Å². The second-order valence-corrected chi connectivity index (χ2v) is 19.9. The Morgan fingerprint density at radius 1 is 0.316 bits per heavy atom. The molecular weight excluding hydrogens is 1000 g/mol. The fraction of sp³-hybridized carbons (Fsp3) is 0.364. The van der Waals surface area contributed by atoms with Crippen LogP contribution in [0.2, 0.25) is 0 Å². The molecular formula is C66H99Na3O5P2. The van der Waals surface area contributed by atoms with Crippen molar-refractivity contribution < 1.29 is 112 Å². The van der Waals surface area contributed by atoms with E-state index >= 15 is 0 Å². The van der Waals surface area contributed by atoms with Crippen LogP contribution in [-0.4, -0.2) is 0 Å². The van der Waals surface area contributed by atoms with Crippen molar-refractivity contribution in [2.24, 2.45) is 0 Å². The van der Waals surface area contributed by atoms with Crippen LogP contribution in [0.15, 0.2) is 218 Å². The van der Waals surface area contributed by atoms with E-state index in [1.54, 1.807) is 30.3 Å². The van der Waals surface area contributed by atoms with Crippen LogP contribution in [0.4, 0.5) is 0 Å². The summed E-state index contributed by atoms with van der Waals surface area (Å²) >= 11 is 0. The molecule has 406 valence electrons. The maximum absolute atomic E-state index is 12.0. The van der Waals surface area contributed by atoms with E-state index in [0.29, 0.717) is 23.3 Å². The van der Waals surface area contributed by atoms with Crippen LogP contribution >= 0.6 is 15.0 Å². The molecule has 6 aromatic rings. The van der Waals surface area contributed by atoms with Crippen LogP contribution < -0.4 is 103 Å². The molecule has 5 nitrogen and oxygen atoms in total. The van der Waals surface area contributed by atoms with Gasteiger partial charge < -0.3 is 23.8 Å². The predicted octanol–water partition coefficient (Wildman–Crippen LogP) is 10.4. The van der Waals surface area contributed by atoms with Crippen LogP contribution in [0, 0.1) is 0 Å². The first-order valence-electron chi connectivity index (χ1n) is 26.2. The van der Waals surface area contributed by atoms with Gasteiger partial charge in [-0.1, -0.05) is 309 Å². The zero-order chi connectivity index (χ0) is 56.8. The summed E-state index contributed by atoms with van der Waals surface area (Å²) in [5, 5.41) is 0. The van der Waals surface area contributed by atoms with Gasteiger partial charge in [-0.25, -0.2) is 0 Å². The van der Waals surface area contributed by atoms with E-state index in [-0.39, 0.29) is 101 Å². The molecule has 0 spiro atoms. The monoisotopic (exact) mass is 1100 g/mol. The topological polar surface area (TPSA) is 103 Å². The molecule has 0 aromatic heterocycles. The first-order valence-corrected chi connectivity index (χ1v) is 29.9. The van der Waals surface area contributed by atoms with Gasteiger partial charge in [0.05, 0.1) is 0 Å². The van der Waals surface area contributed by atoms with Crippen LogP contribution in [0.5, 0.6) is 0 Å². The molecule has 0 N–H and O–H groups in total. The van der Waals surface area contributed by atoms with Crippen molar-refractivity contribution in [2.45, 2.75) is 161 Å². The van der Waals surface area contributed by atoms with Gasteiger partial charge in [0.15, 0.2) is 0 Å². The molecule has 6 aromatic carbocycles. The van der Waals surface area contributed by atoms with Gasteiger partial charge in [0.2, 0.25) is 0 Å². The fourth-order valence-corrected chi connectivity index (χ4v) is 7.40. The summed E-state index contributed by atoms with van der Waals surface area (Å²) < 4.78 is 22.3. The SMILES string of the molecule is CC.CC.CC.CC(C)c1ccccc1.CC(C)c1ccccc1.CC(C)c1ccccc1.CC=CC.CC=CC.CC=CC.O=P([O-])(Cc1ccccc1)Cc1ccccc1.O=P([O-])([O-])Cc1ccccc1.[Na+].[Na+].[Na+]. The van der Waals surface area contributed by atoms with Crippen LogP contribution in [0.25, 0.3) is 0 Å². The minimum Gasteiger partial charge on any atom is -0.810 e. The van der Waals surface area contributed by atoms with Gasteiger partial charge in [0.25, 0.3) is 0 Å². The number of rotatable bonds is 9. The van der Waals surface area contributed by atoms with Crippen LogP contribution in [0.1, 0.15) is 176 Å². The molecule has 0 radical (unpaired) electrons. The second-order valence-electron chi connectivity index (χ2n) is 16.1. The summed E-state index contributed by atoms with van der Waals surface area (Å²) in [5.41, 5.74) is 6.48. The van der Waals surface area contributed by atoms with Crippen molar-refractivity contribution in [3.8, 4) is 0 Å². The molecule has 0 saturated carbocycles. The maximum atomic E-state index is 12.0. The number of hydrogen-bond donors (Lipinski definition) is 0. The van der Waals surface area contributed by atoms with Gasteiger partial charge >= 0.3 is 88.7 Å². The van der Waals surface area contributed by atoms with Crippen LogP contribution in [0.3, 0.4) is 0 Å². The summed E-state index contributed by atoms with van der Waals surface area (Å²) in [6, 6.07) is 58.5. The van der Waals surface area contributed by atoms with Gasteiger partial charge in [0.1, 0.15) is 0 Å². The Morgan fingerprint density at radius 2 is 0.474 bits per heavy atom. The molecule has 0 bridgehead atoms. The molecule has 0 aliphatic rings. The minimum atomic E-state index is -4.39. The first-order chi connectivity index (χ1) is 34.9. The summed E-state index contributed by atoms with van der Waals surface area (Å²) in [6.07, 6.45) is 11.9. The molecule has 0 atom stereocenters. The Hall–Kier alpha value is -2.12. The Bertz CT molecular complexity index is 2000. The first kappa shape index (κ1) is 90.4. The van der Waals surface area contributed by atoms with Crippen molar-refractivity contribution in [3.63, 3.8) is 0 Å². The van der Waals surface area contributed by atoms with Crippen molar-refractivity contribution >= 4 is 15.0 Å². The number of allylic oxidation sites excluding steroid dienone is 6. The standard InChI is InChI=1S/C14H15O2P.3C9H12.C7H9O3P.3C4H8.3C2H6.3Na/c15-17(16,11-13-7-3-1-4-8-13)12-14-9-5-2-6-10-14;3*1-8(2)9-6-4-3-5-7-9;8-11(9,10)6-7-4-2-1-3-5-7;3*1-3-4-2;3*1-2;;;/h1-10H,11-12H2,(H,15,16);3*3-8H,1-2H3;1-5H,6H2,(H2,8,9,10);3*3-4H,1-2H3;3*1-2H3;;;/q;;;;;;;;;;;3*+1/p-3. The molecule has 0 fully saturated rings. The van der Waals surface area contributed by atoms with E-state index in [9.17, 15) is 23.8 Å². The molecule has 0 aliphatic carbocycles. The smallest absolute Gasteiger partial charge is 0.810 e. The Kier molecular flexibility index (Phi) is 77.8. The summed E-state index contributed by atoms with van der Waals surface area (Å²) in [7, 11) is -7.77. The quantitative estimate of drug-likeness (QED) is 0.0815. The Morgan fingerprint density at radius 3 is 0.605 bits per heavy atom. The average molecular weight is 1100 g/mol. The molecule has 0 unspecified atom stereocenters. The molecule has 10 heteroatoms. The van der Waals surface area contributed by atoms with Gasteiger partial charge in [-0.05, 0) is 92.7 Å². The predicted molar refractivity (Wildman–Crippen MR) is 323 cm³/mol. The van der Waals surface area contributed by atoms with Crippen molar-refractivity contribution in [3.05, 3.63) is 252 Å². The van der Waals surface area contributed by atoms with E-state index in [1.165, 1.54) is 16.7 Å². The Labute approximate surface area is 534 Å². The van der Waals surface area contributed by atoms with E-state index in [0.717, 1.165) is 11.1 Å². The maximum Gasteiger partial charge on any atom is 1.00 e. The van der Waals surface area contributed by atoms with E-state index in [2.05, 4.69) is 114 Å². The summed E-state index contributed by atoms with van der Waals surface area (Å²) in [4.78, 5) is 32.5.